The molecule has 1 amide bonds. The lowest BCUT2D eigenvalue weighted by Crippen LogP contribution is -2.65. The minimum Gasteiger partial charge on any atom is -0.354 e. The van der Waals surface area contributed by atoms with Gasteiger partial charge in [0.25, 0.3) is 0 Å². The van der Waals surface area contributed by atoms with Crippen molar-refractivity contribution in [1.82, 2.24) is 15.5 Å². The largest absolute Gasteiger partial charge is 0.416 e. The molecule has 2 bridgehead atoms. The summed E-state index contributed by atoms with van der Waals surface area (Å²) in [6.07, 6.45) is 0.165. The van der Waals surface area contributed by atoms with E-state index in [4.69, 9.17) is 0 Å². The van der Waals surface area contributed by atoms with E-state index in [2.05, 4.69) is 15.5 Å². The number of piperidine rings is 3. The van der Waals surface area contributed by atoms with Crippen LogP contribution >= 0.6 is 24.8 Å². The molecule has 3 aliphatic rings. The van der Waals surface area contributed by atoms with Crippen molar-refractivity contribution in [3.05, 3.63) is 35.4 Å². The number of carbonyl (C=O) groups excluding carboxylic acids is 1. The smallest absolute Gasteiger partial charge is 0.354 e. The molecule has 3 aliphatic heterocycles. The van der Waals surface area contributed by atoms with Gasteiger partial charge in [0.15, 0.2) is 0 Å². The first-order valence-corrected chi connectivity index (χ1v) is 10.3. The summed E-state index contributed by atoms with van der Waals surface area (Å²) in [4.78, 5) is 15.0. The summed E-state index contributed by atoms with van der Waals surface area (Å²) in [6.45, 7) is 3.61. The van der Waals surface area contributed by atoms with E-state index < -0.39 is 11.7 Å². The maximum Gasteiger partial charge on any atom is 0.416 e. The zero-order chi connectivity index (χ0) is 19.7. The number of fused-ring (bicyclic) bond motifs is 4. The molecule has 0 radical (unpaired) electrons. The number of hydrogen-bond acceptors (Lipinski definition) is 3. The number of nitrogens with one attached hydrogen (secondary N) is 2. The van der Waals surface area contributed by atoms with Gasteiger partial charge in [0, 0.05) is 18.6 Å². The Balaban J connectivity index is 0.00000160. The average Bonchev–Trinajstić information content (AvgIpc) is 2.68. The Morgan fingerprint density at radius 1 is 1.13 bits per heavy atom. The highest BCUT2D eigenvalue weighted by molar-refractivity contribution is 5.85. The summed E-state index contributed by atoms with van der Waals surface area (Å²) in [7, 11) is 0. The second-order valence-corrected chi connectivity index (χ2v) is 8.42. The van der Waals surface area contributed by atoms with Gasteiger partial charge in [-0.3, -0.25) is 9.69 Å². The zero-order valence-corrected chi connectivity index (χ0v) is 18.4. The standard InChI is InChI=1S/C21H28F3N3O.2ClH/c22-21(23,24)17-6-2-1-5-14(17)10-20(28)26-13-19-16-9-15(11-25-12-16)18-7-3-4-8-27(18)19;;/h1-2,5-6,15-16,18-19,25H,3-4,7-13H2,(H,26,28);2*1H/t15-,16+,18+,19+;;/m1../s1. The summed E-state index contributed by atoms with van der Waals surface area (Å²) in [5.41, 5.74) is -0.690. The summed E-state index contributed by atoms with van der Waals surface area (Å²) in [5.74, 6) is 0.844. The lowest BCUT2D eigenvalue weighted by Gasteiger charge is -2.55. The number of alkyl halides is 3. The van der Waals surface area contributed by atoms with Crippen LogP contribution in [0.2, 0.25) is 0 Å². The first-order chi connectivity index (χ1) is 13.4. The van der Waals surface area contributed by atoms with Crippen LogP contribution in [0.25, 0.3) is 0 Å². The Labute approximate surface area is 188 Å². The van der Waals surface area contributed by atoms with E-state index in [-0.39, 0.29) is 48.7 Å². The number of hydrogen-bond donors (Lipinski definition) is 2. The van der Waals surface area contributed by atoms with Gasteiger partial charge in [0.05, 0.1) is 12.0 Å². The lowest BCUT2D eigenvalue weighted by molar-refractivity contribution is -0.138. The maximum absolute atomic E-state index is 13.2. The zero-order valence-electron chi connectivity index (χ0n) is 16.8. The minimum atomic E-state index is -4.44. The Bertz CT molecular complexity index is 719. The molecule has 3 saturated heterocycles. The van der Waals surface area contributed by atoms with Crippen molar-refractivity contribution in [2.75, 3.05) is 26.2 Å². The van der Waals surface area contributed by atoms with E-state index in [0.717, 1.165) is 25.7 Å². The molecule has 0 aromatic heterocycles. The van der Waals surface area contributed by atoms with Gasteiger partial charge in [-0.15, -0.1) is 24.8 Å². The first kappa shape index (κ1) is 25.2. The van der Waals surface area contributed by atoms with Gasteiger partial charge in [-0.05, 0) is 62.4 Å². The van der Waals surface area contributed by atoms with Gasteiger partial charge in [0.1, 0.15) is 0 Å². The number of amides is 1. The minimum absolute atomic E-state index is 0. The van der Waals surface area contributed by atoms with Gasteiger partial charge in [-0.2, -0.15) is 13.2 Å². The topological polar surface area (TPSA) is 44.4 Å². The highest BCUT2D eigenvalue weighted by Crippen LogP contribution is 2.38. The van der Waals surface area contributed by atoms with Crippen LogP contribution in [-0.4, -0.2) is 49.1 Å². The summed E-state index contributed by atoms with van der Waals surface area (Å²) >= 11 is 0. The summed E-state index contributed by atoms with van der Waals surface area (Å²) in [5, 5.41) is 6.48. The molecule has 1 aromatic rings. The monoisotopic (exact) mass is 467 g/mol. The van der Waals surface area contributed by atoms with E-state index in [1.807, 2.05) is 0 Å². The predicted octanol–water partition coefficient (Wildman–Crippen LogP) is 3.67. The Hall–Kier alpha value is -1.02. The van der Waals surface area contributed by atoms with E-state index in [9.17, 15) is 18.0 Å². The molecule has 30 heavy (non-hydrogen) atoms. The van der Waals surface area contributed by atoms with Gasteiger partial charge in [0.2, 0.25) is 5.91 Å². The molecule has 4 nitrogen and oxygen atoms in total. The van der Waals surface area contributed by atoms with Crippen molar-refractivity contribution >= 4 is 30.7 Å². The summed E-state index contributed by atoms with van der Waals surface area (Å²) in [6, 6.07) is 6.18. The molecular formula is C21H30Cl2F3N3O. The molecule has 170 valence electrons. The molecule has 4 atom stereocenters. The fourth-order valence-electron chi connectivity index (χ4n) is 5.45. The maximum atomic E-state index is 13.2. The normalized spacial score (nSPS) is 28.5. The number of nitrogens with zero attached hydrogens (tertiary/aromatic N) is 1. The van der Waals surface area contributed by atoms with Crippen LogP contribution < -0.4 is 10.6 Å². The van der Waals surface area contributed by atoms with Crippen molar-refractivity contribution in [3.63, 3.8) is 0 Å². The molecule has 3 fully saturated rings. The van der Waals surface area contributed by atoms with Gasteiger partial charge < -0.3 is 10.6 Å². The van der Waals surface area contributed by atoms with Crippen molar-refractivity contribution in [2.24, 2.45) is 11.8 Å². The first-order valence-electron chi connectivity index (χ1n) is 10.3. The molecule has 9 heteroatoms. The lowest BCUT2D eigenvalue weighted by atomic mass is 9.73. The number of halogens is 5. The highest BCUT2D eigenvalue weighted by Gasteiger charge is 2.45. The highest BCUT2D eigenvalue weighted by atomic mass is 35.5. The van der Waals surface area contributed by atoms with E-state index in [0.29, 0.717) is 24.4 Å². The molecular weight excluding hydrogens is 438 g/mol. The van der Waals surface area contributed by atoms with Crippen LogP contribution in [0.3, 0.4) is 0 Å². The average molecular weight is 468 g/mol. The summed E-state index contributed by atoms with van der Waals surface area (Å²) < 4.78 is 39.5. The molecule has 0 saturated carbocycles. The third-order valence-electron chi connectivity index (χ3n) is 6.71. The number of rotatable bonds is 4. The molecule has 4 rings (SSSR count). The Morgan fingerprint density at radius 2 is 1.87 bits per heavy atom. The van der Waals surface area contributed by atoms with Crippen molar-refractivity contribution < 1.29 is 18.0 Å². The van der Waals surface area contributed by atoms with E-state index in [1.165, 1.54) is 37.8 Å². The Morgan fingerprint density at radius 3 is 2.63 bits per heavy atom. The van der Waals surface area contributed by atoms with Crippen LogP contribution in [0.1, 0.15) is 36.8 Å². The fourth-order valence-corrected chi connectivity index (χ4v) is 5.45. The quantitative estimate of drug-likeness (QED) is 0.709. The fraction of sp³-hybridized carbons (Fsp3) is 0.667. The molecule has 0 unspecified atom stereocenters. The van der Waals surface area contributed by atoms with Gasteiger partial charge in [-0.25, -0.2) is 0 Å². The Kier molecular flexibility index (Phi) is 8.86. The number of benzene rings is 1. The van der Waals surface area contributed by atoms with Crippen LogP contribution in [0, 0.1) is 11.8 Å². The van der Waals surface area contributed by atoms with Crippen molar-refractivity contribution in [1.29, 1.82) is 0 Å². The SMILES string of the molecule is Cl.Cl.O=C(Cc1ccccc1C(F)(F)F)NC[C@H]1[C@@H]2CNC[C@@H](C2)[C@@H]2CCCCN21. The van der Waals surface area contributed by atoms with E-state index >= 15 is 0 Å². The predicted molar refractivity (Wildman–Crippen MR) is 115 cm³/mol. The van der Waals surface area contributed by atoms with E-state index in [1.54, 1.807) is 6.07 Å². The van der Waals surface area contributed by atoms with Crippen LogP contribution in [0.15, 0.2) is 24.3 Å². The molecule has 0 spiro atoms. The second-order valence-electron chi connectivity index (χ2n) is 8.42. The van der Waals surface area contributed by atoms with Gasteiger partial charge >= 0.3 is 6.18 Å². The van der Waals surface area contributed by atoms with Crippen molar-refractivity contribution in [2.45, 2.75) is 50.4 Å². The molecule has 0 aliphatic carbocycles. The number of carbonyl (C=O) groups is 1. The molecule has 1 aromatic carbocycles. The van der Waals surface area contributed by atoms with Crippen LogP contribution in [0.5, 0.6) is 0 Å². The van der Waals surface area contributed by atoms with Crippen LogP contribution in [0.4, 0.5) is 13.2 Å². The third kappa shape index (κ3) is 5.42. The second kappa shape index (κ2) is 10.5. The van der Waals surface area contributed by atoms with Crippen LogP contribution in [-0.2, 0) is 17.4 Å². The van der Waals surface area contributed by atoms with Crippen molar-refractivity contribution in [3.8, 4) is 0 Å². The molecule has 2 N–H and O–H groups in total. The van der Waals surface area contributed by atoms with Gasteiger partial charge in [-0.1, -0.05) is 24.6 Å². The molecule has 3 heterocycles. The third-order valence-corrected chi connectivity index (χ3v) is 6.71.